The molecule has 1 N–H and O–H groups in total. The van der Waals surface area contributed by atoms with Crippen LogP contribution in [0.4, 0.5) is 23.2 Å². The first-order valence-corrected chi connectivity index (χ1v) is 6.30. The van der Waals surface area contributed by atoms with Crippen LogP contribution < -0.4 is 5.32 Å². The predicted octanol–water partition coefficient (Wildman–Crippen LogP) is 3.81. The topological polar surface area (TPSA) is 21.3 Å². The van der Waals surface area contributed by atoms with E-state index in [1.54, 1.807) is 6.07 Å². The highest BCUT2D eigenvalue weighted by atomic mass is 127. The third kappa shape index (κ3) is 6.39. The van der Waals surface area contributed by atoms with Crippen LogP contribution in [0.3, 0.4) is 0 Å². The average molecular weight is 377 g/mol. The molecule has 0 amide bonds. The molecule has 0 saturated carbocycles. The molecule has 1 rings (SSSR count). The molecular weight excluding hydrogens is 365 g/mol. The number of hydrogen-bond acceptors (Lipinski definition) is 2. The minimum atomic E-state index is -4.28. The monoisotopic (exact) mass is 377 g/mol. The number of anilines is 1. The Bertz CT molecular complexity index is 384. The molecule has 7 heteroatoms. The number of halogens is 5. The van der Waals surface area contributed by atoms with E-state index in [0.717, 1.165) is 9.26 Å². The molecule has 0 saturated heterocycles. The van der Waals surface area contributed by atoms with Gasteiger partial charge in [0.2, 0.25) is 0 Å². The van der Waals surface area contributed by atoms with Gasteiger partial charge in [0, 0.05) is 22.4 Å². The molecule has 0 heterocycles. The number of alkyl halides is 3. The molecule has 0 atom stereocenters. The number of nitrogens with one attached hydrogen (secondary N) is 1. The van der Waals surface area contributed by atoms with E-state index >= 15 is 0 Å². The molecule has 0 aromatic heterocycles. The summed E-state index contributed by atoms with van der Waals surface area (Å²) in [5.74, 6) is -0.321. The van der Waals surface area contributed by atoms with Crippen LogP contribution in [0.25, 0.3) is 0 Å². The summed E-state index contributed by atoms with van der Waals surface area (Å²) < 4.78 is 53.2. The Kier molecular flexibility index (Phi) is 6.13. The van der Waals surface area contributed by atoms with Crippen LogP contribution in [-0.2, 0) is 4.74 Å². The van der Waals surface area contributed by atoms with Crippen molar-refractivity contribution >= 4 is 28.3 Å². The van der Waals surface area contributed by atoms with Crippen molar-refractivity contribution in [3.63, 3.8) is 0 Å². The Morgan fingerprint density at radius 2 is 2.00 bits per heavy atom. The van der Waals surface area contributed by atoms with Crippen molar-refractivity contribution in [3.05, 3.63) is 27.6 Å². The quantitative estimate of drug-likeness (QED) is 0.463. The van der Waals surface area contributed by atoms with Crippen molar-refractivity contribution in [1.82, 2.24) is 0 Å². The summed E-state index contributed by atoms with van der Waals surface area (Å²) in [5, 5.41) is 3.00. The molecule has 102 valence electrons. The van der Waals surface area contributed by atoms with Crippen LogP contribution in [0.2, 0.25) is 0 Å². The van der Waals surface area contributed by atoms with Crippen LogP contribution in [0.1, 0.15) is 6.42 Å². The zero-order chi connectivity index (χ0) is 13.6. The number of benzene rings is 1. The van der Waals surface area contributed by atoms with Crippen molar-refractivity contribution in [3.8, 4) is 0 Å². The second kappa shape index (κ2) is 7.13. The van der Waals surface area contributed by atoms with E-state index < -0.39 is 12.8 Å². The van der Waals surface area contributed by atoms with E-state index in [1.165, 1.54) is 12.1 Å². The fourth-order valence-corrected chi connectivity index (χ4v) is 1.89. The molecule has 0 aliphatic heterocycles. The Morgan fingerprint density at radius 3 is 2.61 bits per heavy atom. The fourth-order valence-electron chi connectivity index (χ4n) is 1.22. The van der Waals surface area contributed by atoms with E-state index in [1.807, 2.05) is 22.6 Å². The zero-order valence-electron chi connectivity index (χ0n) is 9.36. The Hall–Kier alpha value is -0.570. The highest BCUT2D eigenvalue weighted by Gasteiger charge is 2.27. The standard InChI is InChI=1S/C11H12F4INO/c12-8-2-3-10(9(16)6-8)17-4-1-5-18-7-11(13,14)15/h2-3,6,17H,1,4-5,7H2. The third-order valence-corrected chi connectivity index (χ3v) is 2.87. The van der Waals surface area contributed by atoms with Gasteiger partial charge in [0.25, 0.3) is 0 Å². The maximum absolute atomic E-state index is 12.8. The van der Waals surface area contributed by atoms with Crippen molar-refractivity contribution < 1.29 is 22.3 Å². The second-order valence-corrected chi connectivity index (χ2v) is 4.73. The van der Waals surface area contributed by atoms with E-state index in [2.05, 4.69) is 10.1 Å². The minimum Gasteiger partial charge on any atom is -0.384 e. The summed E-state index contributed by atoms with van der Waals surface area (Å²) in [6, 6.07) is 4.29. The first-order valence-electron chi connectivity index (χ1n) is 5.22. The second-order valence-electron chi connectivity index (χ2n) is 3.57. The molecule has 1 aromatic rings. The minimum absolute atomic E-state index is 0.0320. The lowest BCUT2D eigenvalue weighted by atomic mass is 10.3. The van der Waals surface area contributed by atoms with Gasteiger partial charge in [-0.1, -0.05) is 0 Å². The number of rotatable bonds is 6. The van der Waals surface area contributed by atoms with Gasteiger partial charge in [-0.15, -0.1) is 0 Å². The summed E-state index contributed by atoms with van der Waals surface area (Å²) in [6.45, 7) is -0.717. The van der Waals surface area contributed by atoms with Gasteiger partial charge in [-0.25, -0.2) is 4.39 Å². The molecule has 18 heavy (non-hydrogen) atoms. The van der Waals surface area contributed by atoms with Crippen LogP contribution in [0.5, 0.6) is 0 Å². The van der Waals surface area contributed by atoms with Crippen LogP contribution in [-0.4, -0.2) is 25.9 Å². The van der Waals surface area contributed by atoms with Crippen molar-refractivity contribution in [1.29, 1.82) is 0 Å². The maximum atomic E-state index is 12.8. The van der Waals surface area contributed by atoms with Gasteiger partial charge < -0.3 is 10.1 Å². The zero-order valence-corrected chi connectivity index (χ0v) is 11.5. The third-order valence-electron chi connectivity index (χ3n) is 1.98. The van der Waals surface area contributed by atoms with Crippen LogP contribution >= 0.6 is 22.6 Å². The van der Waals surface area contributed by atoms with Crippen LogP contribution in [0, 0.1) is 9.39 Å². The van der Waals surface area contributed by atoms with Crippen LogP contribution in [0.15, 0.2) is 18.2 Å². The highest BCUT2D eigenvalue weighted by Crippen LogP contribution is 2.19. The highest BCUT2D eigenvalue weighted by molar-refractivity contribution is 14.1. The van der Waals surface area contributed by atoms with Gasteiger partial charge in [0.1, 0.15) is 12.4 Å². The normalized spacial score (nSPS) is 11.6. The number of ether oxygens (including phenoxy) is 1. The summed E-state index contributed by atoms with van der Waals surface area (Å²) in [6.07, 6.45) is -3.83. The smallest absolute Gasteiger partial charge is 0.384 e. The summed E-state index contributed by atoms with van der Waals surface area (Å²) in [5.41, 5.74) is 0.757. The van der Waals surface area contributed by atoms with Crippen molar-refractivity contribution in [2.24, 2.45) is 0 Å². The lowest BCUT2D eigenvalue weighted by Gasteiger charge is -2.10. The van der Waals surface area contributed by atoms with E-state index in [9.17, 15) is 17.6 Å². The molecule has 0 aliphatic carbocycles. The molecule has 0 spiro atoms. The summed E-state index contributed by atoms with van der Waals surface area (Å²) in [4.78, 5) is 0. The molecule has 2 nitrogen and oxygen atoms in total. The maximum Gasteiger partial charge on any atom is 0.411 e. The molecule has 0 aliphatic rings. The predicted molar refractivity (Wildman–Crippen MR) is 69.1 cm³/mol. The lowest BCUT2D eigenvalue weighted by Crippen LogP contribution is -2.18. The number of hydrogen-bond donors (Lipinski definition) is 1. The first kappa shape index (κ1) is 15.5. The largest absolute Gasteiger partial charge is 0.411 e. The van der Waals surface area contributed by atoms with Gasteiger partial charge in [-0.2, -0.15) is 13.2 Å². The molecule has 1 aromatic carbocycles. The van der Waals surface area contributed by atoms with Gasteiger partial charge in [-0.05, 0) is 47.2 Å². The van der Waals surface area contributed by atoms with Gasteiger partial charge in [-0.3, -0.25) is 0 Å². The van der Waals surface area contributed by atoms with Crippen molar-refractivity contribution in [2.45, 2.75) is 12.6 Å². The van der Waals surface area contributed by atoms with Gasteiger partial charge in [0.15, 0.2) is 0 Å². The molecule has 0 bridgehead atoms. The van der Waals surface area contributed by atoms with Crippen molar-refractivity contribution in [2.75, 3.05) is 25.1 Å². The lowest BCUT2D eigenvalue weighted by molar-refractivity contribution is -0.173. The Balaban J connectivity index is 2.18. The first-order chi connectivity index (χ1) is 8.38. The fraction of sp³-hybridized carbons (Fsp3) is 0.455. The molecule has 0 fully saturated rings. The molecular formula is C11H12F4INO. The van der Waals surface area contributed by atoms with Gasteiger partial charge in [0.05, 0.1) is 0 Å². The van der Waals surface area contributed by atoms with Gasteiger partial charge >= 0.3 is 6.18 Å². The average Bonchev–Trinajstić information content (AvgIpc) is 2.24. The Labute approximate surface area is 116 Å². The summed E-state index contributed by atoms with van der Waals surface area (Å²) in [7, 11) is 0. The van der Waals surface area contributed by atoms with E-state index in [-0.39, 0.29) is 12.4 Å². The van der Waals surface area contributed by atoms with E-state index in [0.29, 0.717) is 13.0 Å². The molecule has 0 radical (unpaired) electrons. The van der Waals surface area contributed by atoms with E-state index in [4.69, 9.17) is 0 Å². The summed E-state index contributed by atoms with van der Waals surface area (Å²) >= 11 is 1.98. The molecule has 0 unspecified atom stereocenters. The Morgan fingerprint density at radius 1 is 1.28 bits per heavy atom. The SMILES string of the molecule is Fc1ccc(NCCCOCC(F)(F)F)c(I)c1.